The van der Waals surface area contributed by atoms with Gasteiger partial charge in [0, 0.05) is 23.9 Å². The van der Waals surface area contributed by atoms with Crippen molar-refractivity contribution in [3.63, 3.8) is 0 Å². The summed E-state index contributed by atoms with van der Waals surface area (Å²) in [5.41, 5.74) is 1.91. The van der Waals surface area contributed by atoms with E-state index in [1.807, 2.05) is 36.4 Å². The van der Waals surface area contributed by atoms with E-state index in [-0.39, 0.29) is 22.8 Å². The van der Waals surface area contributed by atoms with Crippen molar-refractivity contribution < 1.29 is 13.7 Å². The highest BCUT2D eigenvalue weighted by Gasteiger charge is 2.33. The number of aromatic nitrogens is 1. The van der Waals surface area contributed by atoms with Crippen molar-refractivity contribution in [2.75, 3.05) is 12.3 Å². The average molecular weight is 354 g/mol. The lowest BCUT2D eigenvalue weighted by molar-refractivity contribution is 0.0749. The van der Waals surface area contributed by atoms with Crippen molar-refractivity contribution in [1.29, 1.82) is 0 Å². The summed E-state index contributed by atoms with van der Waals surface area (Å²) in [6, 6.07) is 17.5. The van der Waals surface area contributed by atoms with E-state index in [0.717, 1.165) is 16.9 Å². The number of nitrogens with zero attached hydrogens (tertiary/aromatic N) is 2. The Balaban J connectivity index is 1.59. The predicted octanol–water partition coefficient (Wildman–Crippen LogP) is 4.37. The monoisotopic (exact) mass is 354 g/mol. The van der Waals surface area contributed by atoms with Gasteiger partial charge in [-0.25, -0.2) is 4.39 Å². The number of carbonyl (C=O) groups is 1. The highest BCUT2D eigenvalue weighted by atomic mass is 32.2. The van der Waals surface area contributed by atoms with Gasteiger partial charge >= 0.3 is 0 Å². The Morgan fingerprint density at radius 3 is 2.80 bits per heavy atom. The van der Waals surface area contributed by atoms with E-state index in [1.54, 1.807) is 28.8 Å². The molecule has 0 saturated carbocycles. The first kappa shape index (κ1) is 15.9. The van der Waals surface area contributed by atoms with Gasteiger partial charge < -0.3 is 9.42 Å². The summed E-state index contributed by atoms with van der Waals surface area (Å²) in [6.07, 6.45) is 0. The SMILES string of the molecule is O=C(c1cc(-c2ccccc2)on1)N1CCS[C@H]1c1cccc(F)c1. The summed E-state index contributed by atoms with van der Waals surface area (Å²) in [5.74, 6) is 0.851. The number of rotatable bonds is 3. The van der Waals surface area contributed by atoms with E-state index in [4.69, 9.17) is 4.52 Å². The lowest BCUT2D eigenvalue weighted by atomic mass is 10.1. The Hall–Kier alpha value is -2.60. The minimum Gasteiger partial charge on any atom is -0.355 e. The first-order chi connectivity index (χ1) is 12.2. The van der Waals surface area contributed by atoms with Crippen LogP contribution < -0.4 is 0 Å². The smallest absolute Gasteiger partial charge is 0.277 e. The average Bonchev–Trinajstić information content (AvgIpc) is 3.32. The van der Waals surface area contributed by atoms with E-state index >= 15 is 0 Å². The van der Waals surface area contributed by atoms with Gasteiger partial charge in [0.05, 0.1) is 0 Å². The molecule has 25 heavy (non-hydrogen) atoms. The molecule has 4 nitrogen and oxygen atoms in total. The van der Waals surface area contributed by atoms with Crippen LogP contribution in [-0.2, 0) is 0 Å². The summed E-state index contributed by atoms with van der Waals surface area (Å²) in [5, 5.41) is 3.72. The first-order valence-corrected chi connectivity index (χ1v) is 8.97. The van der Waals surface area contributed by atoms with Crippen molar-refractivity contribution >= 4 is 17.7 Å². The second-order valence-corrected chi connectivity index (χ2v) is 6.91. The molecular weight excluding hydrogens is 339 g/mol. The van der Waals surface area contributed by atoms with E-state index in [9.17, 15) is 9.18 Å². The van der Waals surface area contributed by atoms with Crippen LogP contribution in [0.15, 0.2) is 65.2 Å². The molecule has 1 aromatic heterocycles. The highest BCUT2D eigenvalue weighted by Crippen LogP contribution is 2.39. The van der Waals surface area contributed by atoms with Gasteiger partial charge in [-0.15, -0.1) is 11.8 Å². The van der Waals surface area contributed by atoms with Gasteiger partial charge in [-0.1, -0.05) is 47.6 Å². The van der Waals surface area contributed by atoms with Gasteiger partial charge in [-0.05, 0) is 17.7 Å². The van der Waals surface area contributed by atoms with Gasteiger partial charge in [-0.2, -0.15) is 0 Å². The van der Waals surface area contributed by atoms with Gasteiger partial charge in [0.1, 0.15) is 11.2 Å². The van der Waals surface area contributed by atoms with Crippen molar-refractivity contribution in [3.05, 3.63) is 77.7 Å². The van der Waals surface area contributed by atoms with Gasteiger partial charge in [-0.3, -0.25) is 4.79 Å². The van der Waals surface area contributed by atoms with Gasteiger partial charge in [0.15, 0.2) is 11.5 Å². The Morgan fingerprint density at radius 2 is 2.00 bits per heavy atom. The lowest BCUT2D eigenvalue weighted by Gasteiger charge is -2.23. The quantitative estimate of drug-likeness (QED) is 0.701. The van der Waals surface area contributed by atoms with Crippen LogP contribution in [0.1, 0.15) is 21.4 Å². The molecular formula is C19H15FN2O2S. The molecule has 1 amide bonds. The van der Waals surface area contributed by atoms with Crippen molar-refractivity contribution in [2.45, 2.75) is 5.37 Å². The van der Waals surface area contributed by atoms with Crippen molar-refractivity contribution in [1.82, 2.24) is 10.1 Å². The maximum absolute atomic E-state index is 13.5. The number of hydrogen-bond acceptors (Lipinski definition) is 4. The molecule has 0 aliphatic carbocycles. The molecule has 1 aliphatic heterocycles. The number of hydrogen-bond donors (Lipinski definition) is 0. The molecule has 0 spiro atoms. The Labute approximate surface area is 148 Å². The molecule has 2 heterocycles. The van der Waals surface area contributed by atoms with Crippen LogP contribution in [0.25, 0.3) is 11.3 Å². The van der Waals surface area contributed by atoms with Gasteiger partial charge in [0.25, 0.3) is 5.91 Å². The fourth-order valence-corrected chi connectivity index (χ4v) is 4.12. The maximum Gasteiger partial charge on any atom is 0.277 e. The summed E-state index contributed by atoms with van der Waals surface area (Å²) in [4.78, 5) is 14.6. The van der Waals surface area contributed by atoms with Crippen molar-refractivity contribution in [2.24, 2.45) is 0 Å². The van der Waals surface area contributed by atoms with Crippen LogP contribution in [0.3, 0.4) is 0 Å². The zero-order valence-corrected chi connectivity index (χ0v) is 14.1. The second kappa shape index (κ2) is 6.72. The number of carbonyl (C=O) groups excluding carboxylic acids is 1. The maximum atomic E-state index is 13.5. The van der Waals surface area contributed by atoms with Crippen LogP contribution in [-0.4, -0.2) is 28.3 Å². The Kier molecular flexibility index (Phi) is 4.28. The molecule has 2 aromatic carbocycles. The molecule has 4 rings (SSSR count). The molecule has 0 bridgehead atoms. The zero-order chi connectivity index (χ0) is 17.2. The van der Waals surface area contributed by atoms with Crippen LogP contribution in [0.2, 0.25) is 0 Å². The Morgan fingerprint density at radius 1 is 1.16 bits per heavy atom. The van der Waals surface area contributed by atoms with E-state index in [0.29, 0.717) is 12.3 Å². The summed E-state index contributed by atoms with van der Waals surface area (Å²) < 4.78 is 18.8. The topological polar surface area (TPSA) is 46.3 Å². The molecule has 1 atom stereocenters. The number of benzene rings is 2. The lowest BCUT2D eigenvalue weighted by Crippen LogP contribution is -2.30. The second-order valence-electron chi connectivity index (χ2n) is 5.72. The molecule has 0 unspecified atom stereocenters. The van der Waals surface area contributed by atoms with Crippen LogP contribution in [0.4, 0.5) is 4.39 Å². The van der Waals surface area contributed by atoms with Crippen LogP contribution >= 0.6 is 11.8 Å². The first-order valence-electron chi connectivity index (χ1n) is 7.92. The molecule has 3 aromatic rings. The number of amides is 1. The normalized spacial score (nSPS) is 17.0. The molecule has 0 N–H and O–H groups in total. The molecule has 6 heteroatoms. The molecule has 1 saturated heterocycles. The largest absolute Gasteiger partial charge is 0.355 e. The predicted molar refractivity (Wildman–Crippen MR) is 94.6 cm³/mol. The Bertz CT molecular complexity index is 897. The van der Waals surface area contributed by atoms with Crippen molar-refractivity contribution in [3.8, 4) is 11.3 Å². The van der Waals surface area contributed by atoms with Gasteiger partial charge in [0.2, 0.25) is 0 Å². The summed E-state index contributed by atoms with van der Waals surface area (Å²) in [7, 11) is 0. The third-order valence-electron chi connectivity index (χ3n) is 4.07. The van der Waals surface area contributed by atoms with Crippen LogP contribution in [0, 0.1) is 5.82 Å². The third kappa shape index (κ3) is 3.17. The minimum atomic E-state index is -0.301. The van der Waals surface area contributed by atoms with E-state index in [2.05, 4.69) is 5.16 Å². The fourth-order valence-electron chi connectivity index (χ4n) is 2.88. The highest BCUT2D eigenvalue weighted by molar-refractivity contribution is 7.99. The summed E-state index contributed by atoms with van der Waals surface area (Å²) in [6.45, 7) is 0.595. The summed E-state index contributed by atoms with van der Waals surface area (Å²) >= 11 is 1.62. The fraction of sp³-hybridized carbons (Fsp3) is 0.158. The standard InChI is InChI=1S/C19H15FN2O2S/c20-15-8-4-7-14(11-15)19-22(9-10-25-19)18(23)16-12-17(24-21-16)13-5-2-1-3-6-13/h1-8,11-12,19H,9-10H2/t19-/m0/s1. The number of halogens is 1. The molecule has 0 radical (unpaired) electrons. The number of thioether (sulfide) groups is 1. The zero-order valence-electron chi connectivity index (χ0n) is 13.3. The molecule has 1 fully saturated rings. The van der Waals surface area contributed by atoms with E-state index in [1.165, 1.54) is 12.1 Å². The minimum absolute atomic E-state index is 0.204. The van der Waals surface area contributed by atoms with Crippen LogP contribution in [0.5, 0.6) is 0 Å². The molecule has 126 valence electrons. The third-order valence-corrected chi connectivity index (χ3v) is 5.33. The molecule has 1 aliphatic rings. The van der Waals surface area contributed by atoms with E-state index < -0.39 is 0 Å².